The number of carbonyl (C=O) groups is 3. The Morgan fingerprint density at radius 1 is 0.584 bits per heavy atom. The molecule has 0 amide bonds. The predicted molar refractivity (Wildman–Crippen MR) is 320 cm³/mol. The van der Waals surface area contributed by atoms with Gasteiger partial charge in [0.25, 0.3) is 11.1 Å². The maximum Gasteiger partial charge on any atom is 0.495 e. The number of hydrogen-bond acceptors (Lipinski definition) is 15. The van der Waals surface area contributed by atoms with Crippen molar-refractivity contribution in [3.63, 3.8) is 0 Å². The number of ether oxygens (including phenoxy) is 6. The normalized spacial score (nSPS) is 12.1. The maximum atomic E-state index is 12.0. The second-order valence-electron chi connectivity index (χ2n) is 16.8. The van der Waals surface area contributed by atoms with Crippen LogP contribution in [0.25, 0.3) is 11.1 Å². The summed E-state index contributed by atoms with van der Waals surface area (Å²) in [5.74, 6) is 2.76. The van der Waals surface area contributed by atoms with Crippen LogP contribution in [-0.2, 0) is 60.6 Å². The SMILES string of the molecule is C.C.C.C.CC[P+](=O)[S-].COc1cc(-c2cn(C)c(=O)c(C)c2C)cc(OC)c1C=O.COc1cc(B2OC(C)(C)C(C)(C)O2)cc(OC)c1C=O.COc1cc(Br)cc(OC)c1C=O.Cc1c(Br)cn(C)c(=O)c1C.[Pd]. The molecule has 1 fully saturated rings. The summed E-state index contributed by atoms with van der Waals surface area (Å²) in [6.07, 6.45) is 6.32. The molecule has 0 bridgehead atoms. The fraction of sp³-hybridized carbons (Fsp3) is 0.436. The van der Waals surface area contributed by atoms with Gasteiger partial charge in [0.1, 0.15) is 40.7 Å². The van der Waals surface area contributed by atoms with Gasteiger partial charge >= 0.3 is 7.12 Å². The quantitative estimate of drug-likeness (QED) is 0.0497. The van der Waals surface area contributed by atoms with Gasteiger partial charge in [0, 0.05) is 72.5 Å². The van der Waals surface area contributed by atoms with Crippen molar-refractivity contribution in [2.75, 3.05) is 48.8 Å². The number of hydrogen-bond donors (Lipinski definition) is 0. The summed E-state index contributed by atoms with van der Waals surface area (Å²) in [4.78, 5) is 56.4. The molecule has 22 heteroatoms. The summed E-state index contributed by atoms with van der Waals surface area (Å²) >= 11 is 10.9. The van der Waals surface area contributed by atoms with E-state index < -0.39 is 25.3 Å². The predicted octanol–water partition coefficient (Wildman–Crippen LogP) is 12.2. The number of benzene rings is 3. The Morgan fingerprint density at radius 2 is 0.883 bits per heavy atom. The number of pyridine rings is 2. The molecule has 3 aromatic carbocycles. The maximum absolute atomic E-state index is 12.0. The van der Waals surface area contributed by atoms with Crippen LogP contribution in [0.1, 0.15) is 118 Å². The first-order valence-corrected chi connectivity index (χ1v) is 26.0. The third-order valence-electron chi connectivity index (χ3n) is 11.9. The Labute approximate surface area is 494 Å². The molecule has 0 N–H and O–H groups in total. The number of methoxy groups -OCH3 is 6. The first-order chi connectivity index (χ1) is 33.7. The van der Waals surface area contributed by atoms with Gasteiger partial charge in [-0.1, -0.05) is 45.6 Å². The zero-order valence-electron chi connectivity index (χ0n) is 44.2. The summed E-state index contributed by atoms with van der Waals surface area (Å²) in [6.45, 7) is 17.2. The molecule has 1 aliphatic rings. The molecule has 0 aliphatic carbocycles. The number of rotatable bonds is 12. The first-order valence-electron chi connectivity index (χ1n) is 22.0. The van der Waals surface area contributed by atoms with Crippen LogP contribution in [0, 0.1) is 27.7 Å². The smallest absolute Gasteiger partial charge is 0.495 e. The number of aryl methyl sites for hydroxylation is 2. The third kappa shape index (κ3) is 20.2. The fourth-order valence-electron chi connectivity index (χ4n) is 6.62. The molecule has 1 saturated heterocycles. The summed E-state index contributed by atoms with van der Waals surface area (Å²) in [5, 5.41) is 0. The molecule has 0 spiro atoms. The van der Waals surface area contributed by atoms with Crippen LogP contribution in [0.2, 0.25) is 0 Å². The Hall–Kier alpha value is -4.57. The van der Waals surface area contributed by atoms with E-state index in [2.05, 4.69) is 44.1 Å². The van der Waals surface area contributed by atoms with Gasteiger partial charge < -0.3 is 59.1 Å². The van der Waals surface area contributed by atoms with Crippen molar-refractivity contribution in [3.05, 3.63) is 117 Å². The molecule has 5 aromatic rings. The van der Waals surface area contributed by atoms with Crippen LogP contribution >= 0.6 is 38.9 Å². The minimum absolute atomic E-state index is 0. The van der Waals surface area contributed by atoms with Gasteiger partial charge in [-0.15, -0.1) is 4.57 Å². The molecule has 1 aliphatic heterocycles. The Kier molecular flexibility index (Phi) is 36.7. The Balaban J connectivity index is -0.000000451. The van der Waals surface area contributed by atoms with Crippen molar-refractivity contribution < 1.29 is 77.1 Å². The molecule has 16 nitrogen and oxygen atoms in total. The second kappa shape index (κ2) is 35.8. The average molecular weight is 1330 g/mol. The number of aromatic nitrogens is 2. The van der Waals surface area contributed by atoms with Crippen molar-refractivity contribution in [1.82, 2.24) is 9.13 Å². The number of nitrogens with zero attached hydrogens (tertiary/aromatic N) is 2. The number of halogens is 2. The molecular formula is C55H80BBr2N2O14PPdS. The van der Waals surface area contributed by atoms with Gasteiger partial charge in [-0.05, 0) is 137 Å². The van der Waals surface area contributed by atoms with Gasteiger partial charge in [0.2, 0.25) is 7.00 Å². The molecule has 3 heterocycles. The van der Waals surface area contributed by atoms with E-state index in [9.17, 15) is 28.5 Å². The van der Waals surface area contributed by atoms with E-state index in [-0.39, 0.29) is 61.2 Å². The molecule has 6 rings (SSSR count). The van der Waals surface area contributed by atoms with Gasteiger partial charge in [0.15, 0.2) is 18.9 Å². The van der Waals surface area contributed by atoms with Crippen LogP contribution in [0.4, 0.5) is 0 Å². The van der Waals surface area contributed by atoms with Crippen molar-refractivity contribution in [2.45, 2.75) is 103 Å². The molecule has 0 radical (unpaired) electrons. The zero-order valence-corrected chi connectivity index (χ0v) is 50.6. The molecule has 432 valence electrons. The largest absolute Gasteiger partial charge is 0.496 e. The first kappa shape index (κ1) is 78.9. The summed E-state index contributed by atoms with van der Waals surface area (Å²) in [7, 11) is 10.7. The third-order valence-corrected chi connectivity index (χ3v) is 14.4. The fourth-order valence-corrected chi connectivity index (χ4v) is 7.64. The minimum atomic E-state index is -1.26. The van der Waals surface area contributed by atoms with Crippen molar-refractivity contribution in [1.29, 1.82) is 0 Å². The monoisotopic (exact) mass is 1330 g/mol. The standard InChI is InChI=1S/C17H19NO4.C15H21BO5.C9H9BrO3.C8H10BrNO.C2H5OPS.4CH4.Pd/c1-10-11(2)17(20)18(3)8-13(10)12-6-15(21-4)14(9-19)16(7-12)22-5;1-14(2)15(3,4)21-16(20-14)10-7-12(18-5)11(9-17)13(8-10)19-6;1-12-8-3-6(10)4-9(13-2)7(8)5-11;1-5-6(2)8(11)10(3)4-7(5)9;1-2-4(3)5;;;;;/h6-9H,1-5H3;7-9H,1-6H3;3-5H,1-2H3;4H,1-3H3;2H2,1H3;4*1H4;. The average Bonchev–Trinajstić information content (AvgIpc) is 3.59. The molecule has 77 heavy (non-hydrogen) atoms. The summed E-state index contributed by atoms with van der Waals surface area (Å²) in [5.41, 5.74) is 6.26. The molecule has 1 atom stereocenters. The molecule has 1 unspecified atom stereocenters. The van der Waals surface area contributed by atoms with Crippen LogP contribution in [0.3, 0.4) is 0 Å². The topological polar surface area (TPSA) is 186 Å². The van der Waals surface area contributed by atoms with Crippen LogP contribution in [-0.4, -0.2) is 95.1 Å². The minimum Gasteiger partial charge on any atom is -0.496 e. The van der Waals surface area contributed by atoms with E-state index in [0.29, 0.717) is 81.8 Å². The number of carbonyl (C=O) groups excluding carboxylic acids is 3. The molecule has 0 saturated carbocycles. The van der Waals surface area contributed by atoms with E-state index in [4.69, 9.17) is 37.7 Å². The van der Waals surface area contributed by atoms with Gasteiger partial charge in [-0.3, -0.25) is 24.0 Å². The van der Waals surface area contributed by atoms with Crippen LogP contribution in [0.15, 0.2) is 67.3 Å². The van der Waals surface area contributed by atoms with Gasteiger partial charge in [0.05, 0.1) is 70.6 Å². The van der Waals surface area contributed by atoms with Crippen LogP contribution < -0.4 is 45.0 Å². The van der Waals surface area contributed by atoms with E-state index >= 15 is 0 Å². The van der Waals surface area contributed by atoms with Gasteiger partial charge in [-0.25, -0.2) is 0 Å². The van der Waals surface area contributed by atoms with Crippen molar-refractivity contribution in [2.24, 2.45) is 14.1 Å². The Morgan fingerprint density at radius 3 is 1.19 bits per heavy atom. The van der Waals surface area contributed by atoms with Crippen molar-refractivity contribution >= 4 is 82.6 Å². The summed E-state index contributed by atoms with van der Waals surface area (Å²) < 4.78 is 57.8. The molecule has 2 aromatic heterocycles. The second-order valence-corrected chi connectivity index (χ2v) is 21.1. The van der Waals surface area contributed by atoms with E-state index in [1.165, 1.54) is 42.7 Å². The van der Waals surface area contributed by atoms with Gasteiger partial charge in [-0.2, -0.15) is 0 Å². The summed E-state index contributed by atoms with van der Waals surface area (Å²) in [6, 6.07) is 10.5. The zero-order chi connectivity index (χ0) is 55.0. The molecular weight excluding hydrogens is 1250 g/mol. The van der Waals surface area contributed by atoms with E-state index in [1.54, 1.807) is 78.9 Å². The van der Waals surface area contributed by atoms with E-state index in [1.807, 2.05) is 55.4 Å². The van der Waals surface area contributed by atoms with Crippen molar-refractivity contribution in [3.8, 4) is 45.6 Å². The number of aldehydes is 3. The van der Waals surface area contributed by atoms with E-state index in [0.717, 1.165) is 42.2 Å². The Bertz CT molecular complexity index is 2790. The van der Waals surface area contributed by atoms with Crippen LogP contribution in [0.5, 0.6) is 34.5 Å².